The van der Waals surface area contributed by atoms with E-state index in [0.29, 0.717) is 23.6 Å². The summed E-state index contributed by atoms with van der Waals surface area (Å²) in [5.41, 5.74) is 1.46. The Labute approximate surface area is 146 Å². The fourth-order valence-electron chi connectivity index (χ4n) is 3.15. The van der Waals surface area contributed by atoms with E-state index in [1.54, 1.807) is 25.4 Å². The van der Waals surface area contributed by atoms with Gasteiger partial charge in [-0.1, -0.05) is 0 Å². The number of urea groups is 1. The molecule has 0 radical (unpaired) electrons. The average molecular weight is 343 g/mol. The maximum absolute atomic E-state index is 12.6. The third kappa shape index (κ3) is 3.65. The smallest absolute Gasteiger partial charge is 0.341 e. The van der Waals surface area contributed by atoms with Crippen LogP contribution in [0.3, 0.4) is 0 Å². The Balaban J connectivity index is 1.63. The first-order valence-corrected chi connectivity index (χ1v) is 8.22. The number of rotatable bonds is 4. The maximum atomic E-state index is 12.6. The van der Waals surface area contributed by atoms with Crippen molar-refractivity contribution in [2.75, 3.05) is 13.7 Å². The van der Waals surface area contributed by atoms with Crippen LogP contribution in [0.1, 0.15) is 46.3 Å². The molecule has 0 bridgehead atoms. The van der Waals surface area contributed by atoms with Crippen LogP contribution in [0.2, 0.25) is 0 Å². The van der Waals surface area contributed by atoms with Crippen LogP contribution in [0.5, 0.6) is 0 Å². The second kappa shape index (κ2) is 7.38. The number of likely N-dealkylation sites (tertiary alicyclic amines) is 1. The number of pyridine rings is 1. The Bertz CT molecular complexity index is 757. The molecule has 0 spiro atoms. The SMILES string of the molecule is COC(=O)c1cc(CNC(=O)N2CCC[C@@H]2c2ccncc2)oc1C. The van der Waals surface area contributed by atoms with E-state index in [-0.39, 0.29) is 18.6 Å². The quantitative estimate of drug-likeness (QED) is 0.863. The number of hydrogen-bond donors (Lipinski definition) is 1. The van der Waals surface area contributed by atoms with E-state index in [1.807, 2.05) is 17.0 Å². The molecule has 0 aromatic carbocycles. The van der Waals surface area contributed by atoms with E-state index in [2.05, 4.69) is 10.3 Å². The van der Waals surface area contributed by atoms with Crippen molar-refractivity contribution in [3.63, 3.8) is 0 Å². The number of methoxy groups -OCH3 is 1. The molecule has 3 rings (SSSR count). The Morgan fingerprint density at radius 1 is 1.40 bits per heavy atom. The maximum Gasteiger partial charge on any atom is 0.341 e. The van der Waals surface area contributed by atoms with E-state index >= 15 is 0 Å². The summed E-state index contributed by atoms with van der Waals surface area (Å²) in [4.78, 5) is 30.0. The summed E-state index contributed by atoms with van der Waals surface area (Å²) < 4.78 is 10.2. The summed E-state index contributed by atoms with van der Waals surface area (Å²) in [6, 6.07) is 5.40. The van der Waals surface area contributed by atoms with Gasteiger partial charge in [0.25, 0.3) is 0 Å². The summed E-state index contributed by atoms with van der Waals surface area (Å²) in [5.74, 6) is 0.550. The molecular formula is C18H21N3O4. The molecule has 25 heavy (non-hydrogen) atoms. The van der Waals surface area contributed by atoms with Crippen molar-refractivity contribution in [3.05, 3.63) is 53.2 Å². The number of nitrogens with one attached hydrogen (secondary N) is 1. The van der Waals surface area contributed by atoms with Gasteiger partial charge in [-0.2, -0.15) is 0 Å². The van der Waals surface area contributed by atoms with Crippen LogP contribution in [0.15, 0.2) is 35.0 Å². The monoisotopic (exact) mass is 343 g/mol. The molecule has 1 saturated heterocycles. The van der Waals surface area contributed by atoms with E-state index in [0.717, 1.165) is 18.4 Å². The van der Waals surface area contributed by atoms with Gasteiger partial charge in [0, 0.05) is 18.9 Å². The van der Waals surface area contributed by atoms with Crippen molar-refractivity contribution in [1.82, 2.24) is 15.2 Å². The lowest BCUT2D eigenvalue weighted by Crippen LogP contribution is -2.39. The zero-order valence-electron chi connectivity index (χ0n) is 14.3. The van der Waals surface area contributed by atoms with Crippen LogP contribution >= 0.6 is 0 Å². The molecule has 2 aromatic rings. The van der Waals surface area contributed by atoms with Crippen LogP contribution in [-0.2, 0) is 11.3 Å². The van der Waals surface area contributed by atoms with Crippen molar-refractivity contribution in [3.8, 4) is 0 Å². The third-order valence-electron chi connectivity index (χ3n) is 4.39. The lowest BCUT2D eigenvalue weighted by Gasteiger charge is -2.25. The van der Waals surface area contributed by atoms with Gasteiger partial charge in [-0.25, -0.2) is 9.59 Å². The van der Waals surface area contributed by atoms with Gasteiger partial charge in [0.05, 0.1) is 19.7 Å². The van der Waals surface area contributed by atoms with Crippen molar-refractivity contribution in [1.29, 1.82) is 0 Å². The van der Waals surface area contributed by atoms with Gasteiger partial charge in [0.15, 0.2) is 0 Å². The van der Waals surface area contributed by atoms with Crippen LogP contribution in [-0.4, -0.2) is 35.5 Å². The van der Waals surface area contributed by atoms with Gasteiger partial charge >= 0.3 is 12.0 Å². The Morgan fingerprint density at radius 2 is 2.16 bits per heavy atom. The lowest BCUT2D eigenvalue weighted by molar-refractivity contribution is 0.0598. The van der Waals surface area contributed by atoms with Crippen LogP contribution in [0.4, 0.5) is 4.79 Å². The molecule has 1 aliphatic heterocycles. The van der Waals surface area contributed by atoms with Crippen molar-refractivity contribution in [2.24, 2.45) is 0 Å². The Morgan fingerprint density at radius 3 is 2.88 bits per heavy atom. The minimum atomic E-state index is -0.448. The number of esters is 1. The highest BCUT2D eigenvalue weighted by Crippen LogP contribution is 2.31. The van der Waals surface area contributed by atoms with E-state index in [1.165, 1.54) is 7.11 Å². The summed E-state index contributed by atoms with van der Waals surface area (Å²) in [6.07, 6.45) is 5.38. The number of carbonyl (C=O) groups is 2. The molecule has 0 saturated carbocycles. The number of hydrogen-bond acceptors (Lipinski definition) is 5. The number of furan rings is 1. The molecule has 1 N–H and O–H groups in total. The van der Waals surface area contributed by atoms with Crippen molar-refractivity contribution < 1.29 is 18.7 Å². The normalized spacial score (nSPS) is 16.7. The largest absolute Gasteiger partial charge is 0.465 e. The standard InChI is InChI=1S/C18H21N3O4/c1-12-15(17(22)24-2)10-14(25-12)11-20-18(23)21-9-3-4-16(21)13-5-7-19-8-6-13/h5-8,10,16H,3-4,9,11H2,1-2H3,(H,20,23)/t16-/m1/s1. The fraction of sp³-hybridized carbons (Fsp3) is 0.389. The predicted molar refractivity (Wildman–Crippen MR) is 89.9 cm³/mol. The minimum Gasteiger partial charge on any atom is -0.465 e. The molecule has 1 aliphatic rings. The van der Waals surface area contributed by atoms with E-state index in [9.17, 15) is 9.59 Å². The Hall–Kier alpha value is -2.83. The zero-order valence-corrected chi connectivity index (χ0v) is 14.3. The predicted octanol–water partition coefficient (Wildman–Crippen LogP) is 2.82. The molecule has 7 nitrogen and oxygen atoms in total. The number of ether oxygens (including phenoxy) is 1. The van der Waals surface area contributed by atoms with Gasteiger partial charge in [-0.15, -0.1) is 0 Å². The van der Waals surface area contributed by atoms with Gasteiger partial charge in [0.1, 0.15) is 17.1 Å². The third-order valence-corrected chi connectivity index (χ3v) is 4.39. The number of nitrogens with zero attached hydrogens (tertiary/aromatic N) is 2. The van der Waals surface area contributed by atoms with Crippen molar-refractivity contribution in [2.45, 2.75) is 32.4 Å². The number of amides is 2. The van der Waals surface area contributed by atoms with Crippen LogP contribution in [0, 0.1) is 6.92 Å². The summed E-state index contributed by atoms with van der Waals surface area (Å²) >= 11 is 0. The zero-order chi connectivity index (χ0) is 17.8. The summed E-state index contributed by atoms with van der Waals surface area (Å²) in [6.45, 7) is 2.62. The molecule has 7 heteroatoms. The van der Waals surface area contributed by atoms with Crippen LogP contribution < -0.4 is 5.32 Å². The molecule has 132 valence electrons. The summed E-state index contributed by atoms with van der Waals surface area (Å²) in [5, 5.41) is 2.86. The highest BCUT2D eigenvalue weighted by atomic mass is 16.5. The molecule has 0 unspecified atom stereocenters. The molecule has 2 aromatic heterocycles. The number of aromatic nitrogens is 1. The molecule has 3 heterocycles. The summed E-state index contributed by atoms with van der Waals surface area (Å²) in [7, 11) is 1.32. The highest BCUT2D eigenvalue weighted by Gasteiger charge is 2.30. The van der Waals surface area contributed by atoms with Gasteiger partial charge in [-0.05, 0) is 43.5 Å². The first-order valence-electron chi connectivity index (χ1n) is 8.22. The van der Waals surface area contributed by atoms with E-state index in [4.69, 9.17) is 9.15 Å². The highest BCUT2D eigenvalue weighted by molar-refractivity contribution is 5.90. The second-order valence-electron chi connectivity index (χ2n) is 5.96. The van der Waals surface area contributed by atoms with Gasteiger partial charge in [0.2, 0.25) is 0 Å². The van der Waals surface area contributed by atoms with Gasteiger partial charge < -0.3 is 19.4 Å². The number of aryl methyl sites for hydroxylation is 1. The topological polar surface area (TPSA) is 84.7 Å². The molecule has 1 atom stereocenters. The first kappa shape index (κ1) is 17.0. The van der Waals surface area contributed by atoms with Crippen molar-refractivity contribution >= 4 is 12.0 Å². The van der Waals surface area contributed by atoms with Crippen LogP contribution in [0.25, 0.3) is 0 Å². The lowest BCUT2D eigenvalue weighted by atomic mass is 10.1. The fourth-order valence-corrected chi connectivity index (χ4v) is 3.15. The van der Waals surface area contributed by atoms with E-state index < -0.39 is 5.97 Å². The number of carbonyl (C=O) groups excluding carboxylic acids is 2. The Kier molecular flexibility index (Phi) is 5.02. The molecule has 1 fully saturated rings. The minimum absolute atomic E-state index is 0.0620. The molecule has 0 aliphatic carbocycles. The second-order valence-corrected chi connectivity index (χ2v) is 5.96. The first-order chi connectivity index (χ1) is 12.1. The molecule has 2 amide bonds. The molecular weight excluding hydrogens is 322 g/mol. The van der Waals surface area contributed by atoms with Gasteiger partial charge in [-0.3, -0.25) is 4.98 Å². The average Bonchev–Trinajstić information content (AvgIpc) is 3.26.